The zero-order valence-corrected chi connectivity index (χ0v) is 14.6. The zero-order valence-electron chi connectivity index (χ0n) is 13.1. The number of carbonyl (C=O) groups is 2. The predicted octanol–water partition coefficient (Wildman–Crippen LogP) is 1.96. The van der Waals surface area contributed by atoms with E-state index in [9.17, 15) is 18.0 Å². The average Bonchev–Trinajstić information content (AvgIpc) is 2.51. The molecule has 0 saturated heterocycles. The molecule has 0 fully saturated rings. The number of hydrogen-bond acceptors (Lipinski definition) is 6. The van der Waals surface area contributed by atoms with Gasteiger partial charge in [-0.05, 0) is 26.0 Å². The van der Waals surface area contributed by atoms with Crippen LogP contribution in [0.25, 0.3) is 0 Å². The van der Waals surface area contributed by atoms with Crippen molar-refractivity contribution in [2.75, 3.05) is 5.32 Å². The number of nitrogens with zero attached hydrogens (tertiary/aromatic N) is 2. The normalized spacial score (nSPS) is 11.0. The molecular formula is C14H13ClN4O5S. The molecule has 1 aromatic carbocycles. The van der Waals surface area contributed by atoms with E-state index in [0.717, 1.165) is 12.1 Å². The number of sulfonamides is 1. The number of aromatic nitrogens is 2. The minimum atomic E-state index is -4.41. The van der Waals surface area contributed by atoms with Crippen LogP contribution >= 0.6 is 11.6 Å². The van der Waals surface area contributed by atoms with Crippen molar-refractivity contribution in [3.63, 3.8) is 0 Å². The molecule has 0 unspecified atom stereocenters. The topological polar surface area (TPSA) is 138 Å². The third kappa shape index (κ3) is 4.22. The Morgan fingerprint density at radius 1 is 1.12 bits per heavy atom. The summed E-state index contributed by atoms with van der Waals surface area (Å²) in [6.07, 6.45) is 0. The van der Waals surface area contributed by atoms with Gasteiger partial charge in [-0.2, -0.15) is 0 Å². The maximum atomic E-state index is 12.2. The Bertz CT molecular complexity index is 938. The van der Waals surface area contributed by atoms with Gasteiger partial charge >= 0.3 is 12.0 Å². The van der Waals surface area contributed by atoms with E-state index in [1.165, 1.54) is 12.1 Å². The first-order valence-corrected chi connectivity index (χ1v) is 8.65. The Morgan fingerprint density at radius 2 is 1.68 bits per heavy atom. The molecule has 2 aromatic rings. The van der Waals surface area contributed by atoms with Crippen LogP contribution in [-0.2, 0) is 10.0 Å². The molecule has 0 spiro atoms. The monoisotopic (exact) mass is 384 g/mol. The fourth-order valence-corrected chi connectivity index (χ4v) is 3.13. The number of rotatable bonds is 4. The van der Waals surface area contributed by atoms with Gasteiger partial charge in [0.25, 0.3) is 10.0 Å². The van der Waals surface area contributed by atoms with Crippen LogP contribution in [0.5, 0.6) is 0 Å². The third-order valence-electron chi connectivity index (χ3n) is 3.04. The van der Waals surface area contributed by atoms with Crippen LogP contribution in [0.2, 0.25) is 5.02 Å². The molecule has 0 radical (unpaired) electrons. The number of amides is 2. The Balaban J connectivity index is 2.24. The Morgan fingerprint density at radius 3 is 2.24 bits per heavy atom. The summed E-state index contributed by atoms with van der Waals surface area (Å²) in [4.78, 5) is 30.4. The minimum absolute atomic E-state index is 0.140. The van der Waals surface area contributed by atoms with Crippen molar-refractivity contribution < 1.29 is 23.1 Å². The second-order valence-electron chi connectivity index (χ2n) is 4.89. The molecule has 0 aliphatic carbocycles. The standard InChI is InChI=1S/C14H13ClN4O5S/c1-7-11(15)8(2)17-13(16-7)18-14(22)19-25(23,24)10-6-4-3-5-9(10)12(20)21/h3-6H,1-2H3,(H,20,21)(H2,16,17,18,19,22). The van der Waals surface area contributed by atoms with E-state index in [1.807, 2.05) is 0 Å². The van der Waals surface area contributed by atoms with Crippen molar-refractivity contribution in [3.05, 3.63) is 46.2 Å². The lowest BCUT2D eigenvalue weighted by molar-refractivity contribution is 0.0692. The average molecular weight is 385 g/mol. The van der Waals surface area contributed by atoms with Crippen LogP contribution in [0.1, 0.15) is 21.7 Å². The maximum Gasteiger partial charge on any atom is 0.337 e. The molecule has 1 aromatic heterocycles. The number of anilines is 1. The van der Waals surface area contributed by atoms with E-state index in [4.69, 9.17) is 16.7 Å². The highest BCUT2D eigenvalue weighted by Gasteiger charge is 2.24. The molecule has 11 heteroatoms. The lowest BCUT2D eigenvalue weighted by Gasteiger charge is -2.10. The van der Waals surface area contributed by atoms with E-state index < -0.39 is 32.5 Å². The van der Waals surface area contributed by atoms with Crippen LogP contribution in [0.3, 0.4) is 0 Å². The highest BCUT2D eigenvalue weighted by molar-refractivity contribution is 7.90. The van der Waals surface area contributed by atoms with Crippen LogP contribution < -0.4 is 10.0 Å². The number of hydrogen-bond donors (Lipinski definition) is 3. The molecular weight excluding hydrogens is 372 g/mol. The van der Waals surface area contributed by atoms with Gasteiger partial charge in [0, 0.05) is 0 Å². The van der Waals surface area contributed by atoms with Gasteiger partial charge < -0.3 is 5.11 Å². The fraction of sp³-hybridized carbons (Fsp3) is 0.143. The summed E-state index contributed by atoms with van der Waals surface area (Å²) in [5, 5.41) is 11.6. The number of halogens is 1. The van der Waals surface area contributed by atoms with Crippen LogP contribution in [0.4, 0.5) is 10.7 Å². The summed E-state index contributed by atoms with van der Waals surface area (Å²) >= 11 is 5.91. The lowest BCUT2D eigenvalue weighted by Crippen LogP contribution is -2.35. The molecule has 1 heterocycles. The summed E-state index contributed by atoms with van der Waals surface area (Å²) in [5.74, 6) is -1.58. The molecule has 132 valence electrons. The van der Waals surface area contributed by atoms with E-state index in [2.05, 4.69) is 15.3 Å². The van der Waals surface area contributed by atoms with E-state index in [-0.39, 0.29) is 5.95 Å². The summed E-state index contributed by atoms with van der Waals surface area (Å²) in [6.45, 7) is 3.19. The molecule has 0 bridgehead atoms. The van der Waals surface area contributed by atoms with E-state index >= 15 is 0 Å². The summed E-state index contributed by atoms with van der Waals surface area (Å²) in [7, 11) is -4.41. The first-order chi connectivity index (χ1) is 11.6. The number of urea groups is 1. The Hall–Kier alpha value is -2.72. The summed E-state index contributed by atoms with van der Waals surface area (Å²) in [5.41, 5.74) is 0.351. The van der Waals surface area contributed by atoms with Gasteiger partial charge in [-0.15, -0.1) is 0 Å². The second-order valence-corrected chi connectivity index (χ2v) is 6.92. The number of carbonyl (C=O) groups excluding carboxylic acids is 1. The Labute approximate surface area is 148 Å². The smallest absolute Gasteiger partial charge is 0.337 e. The Kier molecular flexibility index (Phi) is 5.24. The minimum Gasteiger partial charge on any atom is -0.478 e. The van der Waals surface area contributed by atoms with Gasteiger partial charge in [-0.25, -0.2) is 32.7 Å². The van der Waals surface area contributed by atoms with Crippen molar-refractivity contribution in [1.82, 2.24) is 14.7 Å². The van der Waals surface area contributed by atoms with Crippen LogP contribution in [0.15, 0.2) is 29.2 Å². The van der Waals surface area contributed by atoms with Gasteiger partial charge in [-0.1, -0.05) is 23.7 Å². The van der Waals surface area contributed by atoms with Crippen molar-refractivity contribution >= 4 is 39.6 Å². The molecule has 3 N–H and O–H groups in total. The van der Waals surface area contributed by atoms with Gasteiger partial charge in [0.15, 0.2) is 0 Å². The highest BCUT2D eigenvalue weighted by atomic mass is 35.5. The van der Waals surface area contributed by atoms with E-state index in [1.54, 1.807) is 18.6 Å². The SMILES string of the molecule is Cc1nc(NC(=O)NS(=O)(=O)c2ccccc2C(=O)O)nc(C)c1Cl. The van der Waals surface area contributed by atoms with Crippen molar-refractivity contribution in [2.24, 2.45) is 0 Å². The molecule has 25 heavy (non-hydrogen) atoms. The molecule has 9 nitrogen and oxygen atoms in total. The van der Waals surface area contributed by atoms with Crippen LogP contribution in [-0.4, -0.2) is 35.5 Å². The molecule has 0 aliphatic heterocycles. The number of aromatic carboxylic acids is 1. The first kappa shape index (κ1) is 18.6. The van der Waals surface area contributed by atoms with Gasteiger partial charge in [-0.3, -0.25) is 5.32 Å². The number of carboxylic acid groups (broad SMARTS) is 1. The van der Waals surface area contributed by atoms with Crippen LogP contribution in [0, 0.1) is 13.8 Å². The molecule has 2 amide bonds. The molecule has 0 atom stereocenters. The van der Waals surface area contributed by atoms with Gasteiger partial charge in [0.1, 0.15) is 4.90 Å². The van der Waals surface area contributed by atoms with Gasteiger partial charge in [0.2, 0.25) is 5.95 Å². The van der Waals surface area contributed by atoms with Crippen molar-refractivity contribution in [2.45, 2.75) is 18.7 Å². The van der Waals surface area contributed by atoms with Crippen molar-refractivity contribution in [3.8, 4) is 0 Å². The fourth-order valence-electron chi connectivity index (χ4n) is 1.94. The summed E-state index contributed by atoms with van der Waals surface area (Å²) in [6, 6.07) is 3.76. The number of benzene rings is 1. The molecule has 0 aliphatic rings. The lowest BCUT2D eigenvalue weighted by atomic mass is 10.2. The third-order valence-corrected chi connectivity index (χ3v) is 4.98. The summed E-state index contributed by atoms with van der Waals surface area (Å²) < 4.78 is 26.2. The number of nitrogens with one attached hydrogen (secondary N) is 2. The van der Waals surface area contributed by atoms with Crippen molar-refractivity contribution in [1.29, 1.82) is 0 Å². The molecule has 2 rings (SSSR count). The largest absolute Gasteiger partial charge is 0.478 e. The number of carboxylic acids is 1. The van der Waals surface area contributed by atoms with Gasteiger partial charge in [0.05, 0.1) is 22.0 Å². The predicted molar refractivity (Wildman–Crippen MR) is 89.3 cm³/mol. The first-order valence-electron chi connectivity index (χ1n) is 6.78. The zero-order chi connectivity index (χ0) is 18.8. The quantitative estimate of drug-likeness (QED) is 0.732. The molecule has 0 saturated carbocycles. The second kappa shape index (κ2) is 7.03. The van der Waals surface area contributed by atoms with E-state index in [0.29, 0.717) is 16.4 Å². The number of aryl methyl sites for hydroxylation is 2. The maximum absolute atomic E-state index is 12.2. The highest BCUT2D eigenvalue weighted by Crippen LogP contribution is 2.18.